The van der Waals surface area contributed by atoms with Crippen LogP contribution in [0.25, 0.3) is 0 Å². The number of nitrogens with two attached hydrogens (primary N) is 1. The first-order valence-corrected chi connectivity index (χ1v) is 8.57. The maximum Gasteiger partial charge on any atom is 0.326 e. The van der Waals surface area contributed by atoms with Gasteiger partial charge in [-0.2, -0.15) is 0 Å². The number of nitrogens with one attached hydrogen (secondary N) is 1. The first-order valence-electron chi connectivity index (χ1n) is 6.86. The Morgan fingerprint density at radius 2 is 2.05 bits per heavy atom. The Bertz CT molecular complexity index is 642. The van der Waals surface area contributed by atoms with Crippen LogP contribution in [0, 0.1) is 0 Å². The molecule has 0 radical (unpaired) electrons. The Balaban J connectivity index is 2.84. The predicted molar refractivity (Wildman–Crippen MR) is 81.7 cm³/mol. The molecule has 0 aliphatic rings. The predicted octanol–water partition coefficient (Wildman–Crippen LogP) is 0.848. The average molecular weight is 328 g/mol. The highest BCUT2D eigenvalue weighted by atomic mass is 32.2. The van der Waals surface area contributed by atoms with Gasteiger partial charge in [-0.3, -0.25) is 4.79 Å². The van der Waals surface area contributed by atoms with Gasteiger partial charge in [0, 0.05) is 5.56 Å². The van der Waals surface area contributed by atoms with Crippen LogP contribution in [0.5, 0.6) is 0 Å². The molecule has 1 aromatic rings. The highest BCUT2D eigenvalue weighted by Crippen LogP contribution is 2.09. The van der Waals surface area contributed by atoms with Crippen LogP contribution in [0.3, 0.4) is 0 Å². The zero-order chi connectivity index (χ0) is 16.8. The molecule has 0 bridgehead atoms. The number of hydrogen-bond donors (Lipinski definition) is 3. The van der Waals surface area contributed by atoms with Crippen LogP contribution in [0.4, 0.5) is 0 Å². The summed E-state index contributed by atoms with van der Waals surface area (Å²) >= 11 is 0. The second-order valence-corrected chi connectivity index (χ2v) is 6.63. The van der Waals surface area contributed by atoms with E-state index in [-0.39, 0.29) is 11.3 Å². The maximum atomic E-state index is 12.1. The summed E-state index contributed by atoms with van der Waals surface area (Å²) in [5.74, 6) is -2.03. The monoisotopic (exact) mass is 328 g/mol. The van der Waals surface area contributed by atoms with Gasteiger partial charge in [-0.1, -0.05) is 31.9 Å². The second-order valence-electron chi connectivity index (χ2n) is 5.01. The lowest BCUT2D eigenvalue weighted by molar-refractivity contribution is -0.139. The number of hydrogen-bond acceptors (Lipinski definition) is 4. The van der Waals surface area contributed by atoms with E-state index in [9.17, 15) is 18.0 Å². The number of rotatable bonds is 8. The van der Waals surface area contributed by atoms with Crippen molar-refractivity contribution < 1.29 is 23.1 Å². The summed E-state index contributed by atoms with van der Waals surface area (Å²) in [6, 6.07) is 4.97. The van der Waals surface area contributed by atoms with Crippen molar-refractivity contribution in [1.82, 2.24) is 5.32 Å². The number of carbonyl (C=O) groups is 2. The molecule has 7 nitrogen and oxygen atoms in total. The number of primary sulfonamides is 1. The first-order chi connectivity index (χ1) is 10.2. The van der Waals surface area contributed by atoms with Crippen LogP contribution in [0.1, 0.15) is 42.1 Å². The Morgan fingerprint density at radius 3 is 2.59 bits per heavy atom. The summed E-state index contributed by atoms with van der Waals surface area (Å²) in [6.07, 6.45) is 1.85. The van der Waals surface area contributed by atoms with E-state index >= 15 is 0 Å². The van der Waals surface area contributed by atoms with Crippen molar-refractivity contribution >= 4 is 21.9 Å². The number of sulfonamides is 1. The van der Waals surface area contributed by atoms with E-state index in [1.165, 1.54) is 24.3 Å². The fourth-order valence-corrected chi connectivity index (χ4v) is 2.59. The lowest BCUT2D eigenvalue weighted by Crippen LogP contribution is -2.40. The smallest absolute Gasteiger partial charge is 0.326 e. The van der Waals surface area contributed by atoms with Crippen LogP contribution in [-0.2, 0) is 20.6 Å². The van der Waals surface area contributed by atoms with Crippen LogP contribution in [0.2, 0.25) is 0 Å². The molecule has 0 saturated heterocycles. The minimum Gasteiger partial charge on any atom is -0.480 e. The van der Waals surface area contributed by atoms with Crippen LogP contribution < -0.4 is 10.5 Å². The molecule has 1 aromatic carbocycles. The molecule has 0 aromatic heterocycles. The zero-order valence-electron chi connectivity index (χ0n) is 12.3. The van der Waals surface area contributed by atoms with Crippen molar-refractivity contribution in [1.29, 1.82) is 0 Å². The van der Waals surface area contributed by atoms with Crippen molar-refractivity contribution in [2.24, 2.45) is 5.14 Å². The topological polar surface area (TPSA) is 127 Å². The molecule has 0 aliphatic heterocycles. The molecule has 0 aliphatic carbocycles. The minimum atomic E-state index is -3.69. The molecular weight excluding hydrogens is 308 g/mol. The average Bonchev–Trinajstić information content (AvgIpc) is 2.41. The van der Waals surface area contributed by atoms with Crippen molar-refractivity contribution in [3.63, 3.8) is 0 Å². The summed E-state index contributed by atoms with van der Waals surface area (Å²) in [5, 5.41) is 16.5. The highest BCUT2D eigenvalue weighted by molar-refractivity contribution is 7.88. The molecule has 1 amide bonds. The van der Waals surface area contributed by atoms with Crippen LogP contribution in [-0.4, -0.2) is 31.4 Å². The highest BCUT2D eigenvalue weighted by Gasteiger charge is 2.20. The molecule has 22 heavy (non-hydrogen) atoms. The van der Waals surface area contributed by atoms with Gasteiger partial charge in [0.1, 0.15) is 6.04 Å². The fourth-order valence-electron chi connectivity index (χ4n) is 1.94. The van der Waals surface area contributed by atoms with Gasteiger partial charge in [-0.25, -0.2) is 18.4 Å². The molecule has 0 heterocycles. The van der Waals surface area contributed by atoms with Gasteiger partial charge in [0.2, 0.25) is 10.0 Å². The van der Waals surface area contributed by atoms with E-state index in [1.54, 1.807) is 0 Å². The lowest BCUT2D eigenvalue weighted by atomic mass is 10.1. The van der Waals surface area contributed by atoms with Gasteiger partial charge in [0.15, 0.2) is 0 Å². The minimum absolute atomic E-state index is 0.198. The standard InChI is InChI=1S/C14H20N2O5S/c1-2-3-7-12(14(18)19)16-13(17)11-6-4-5-10(8-11)9-22(15,20)21/h4-6,8,12H,2-3,7,9H2,1H3,(H,16,17)(H,18,19)(H2,15,20,21). The molecule has 1 atom stereocenters. The fraction of sp³-hybridized carbons (Fsp3) is 0.429. The Hall–Kier alpha value is -1.93. The van der Waals surface area contributed by atoms with Gasteiger partial charge in [-0.15, -0.1) is 0 Å². The lowest BCUT2D eigenvalue weighted by Gasteiger charge is -2.14. The van der Waals surface area contributed by atoms with Crippen molar-refractivity contribution in [3.05, 3.63) is 35.4 Å². The zero-order valence-corrected chi connectivity index (χ0v) is 13.1. The summed E-state index contributed by atoms with van der Waals surface area (Å²) in [6.45, 7) is 1.93. The van der Waals surface area contributed by atoms with Gasteiger partial charge < -0.3 is 10.4 Å². The largest absolute Gasteiger partial charge is 0.480 e. The summed E-state index contributed by atoms with van der Waals surface area (Å²) < 4.78 is 22.1. The quantitative estimate of drug-likeness (QED) is 0.652. The normalized spacial score (nSPS) is 12.6. The molecule has 0 spiro atoms. The third-order valence-corrected chi connectivity index (χ3v) is 3.74. The van der Waals surface area contributed by atoms with Gasteiger partial charge >= 0.3 is 5.97 Å². The summed E-state index contributed by atoms with van der Waals surface area (Å²) in [7, 11) is -3.69. The van der Waals surface area contributed by atoms with Gasteiger partial charge in [0.05, 0.1) is 5.75 Å². The summed E-state index contributed by atoms with van der Waals surface area (Å²) in [5.41, 5.74) is 0.569. The Labute approximate surface area is 129 Å². The molecule has 0 fully saturated rings. The first kappa shape index (κ1) is 18.1. The third kappa shape index (κ3) is 6.23. The SMILES string of the molecule is CCCCC(NC(=O)c1cccc(CS(N)(=O)=O)c1)C(=O)O. The van der Waals surface area contributed by atoms with E-state index in [0.717, 1.165) is 6.42 Å². The third-order valence-electron chi connectivity index (χ3n) is 3.01. The maximum absolute atomic E-state index is 12.1. The van der Waals surface area contributed by atoms with Crippen LogP contribution >= 0.6 is 0 Å². The number of unbranched alkanes of at least 4 members (excludes halogenated alkanes) is 1. The van der Waals surface area contributed by atoms with E-state index in [2.05, 4.69) is 5.32 Å². The van der Waals surface area contributed by atoms with E-state index in [1.807, 2.05) is 6.92 Å². The van der Waals surface area contributed by atoms with Crippen molar-refractivity contribution in [2.75, 3.05) is 0 Å². The Morgan fingerprint density at radius 1 is 1.36 bits per heavy atom. The van der Waals surface area contributed by atoms with Crippen LogP contribution in [0.15, 0.2) is 24.3 Å². The molecule has 1 unspecified atom stereocenters. The number of aliphatic carboxylic acids is 1. The van der Waals surface area contributed by atoms with Crippen molar-refractivity contribution in [3.8, 4) is 0 Å². The number of carboxylic acids is 1. The van der Waals surface area contributed by atoms with Crippen molar-refractivity contribution in [2.45, 2.75) is 38.0 Å². The van der Waals surface area contributed by atoms with Gasteiger partial charge in [-0.05, 0) is 24.1 Å². The number of amides is 1. The molecule has 8 heteroatoms. The molecule has 1 rings (SSSR count). The van der Waals surface area contributed by atoms with Gasteiger partial charge in [0.25, 0.3) is 5.91 Å². The van der Waals surface area contributed by atoms with E-state index < -0.39 is 27.9 Å². The molecular formula is C14H20N2O5S. The number of carbonyl (C=O) groups excluding carboxylic acids is 1. The van der Waals surface area contributed by atoms with E-state index in [0.29, 0.717) is 18.4 Å². The number of benzene rings is 1. The second kappa shape index (κ2) is 7.90. The molecule has 122 valence electrons. The Kier molecular flexibility index (Phi) is 6.51. The molecule has 0 saturated carbocycles. The van der Waals surface area contributed by atoms with E-state index in [4.69, 9.17) is 10.2 Å². The summed E-state index contributed by atoms with van der Waals surface area (Å²) in [4.78, 5) is 23.2. The molecule has 4 N–H and O–H groups in total. The number of carboxylic acid groups (broad SMARTS) is 1.